The van der Waals surface area contributed by atoms with E-state index in [1.54, 1.807) is 5.01 Å². The topological polar surface area (TPSA) is 81.4 Å². The van der Waals surface area contributed by atoms with Crippen LogP contribution in [0.3, 0.4) is 0 Å². The van der Waals surface area contributed by atoms with E-state index >= 15 is 0 Å². The molecule has 1 saturated heterocycles. The molecule has 1 N–H and O–H groups in total. The standard InChI is InChI=1S/C23H25F4N5O3/c1-12-9-31(10-13(2)35-12)32-11-17-16(8-19(32)33)22(34)30(4)29-21(17)28-14(3)15-6-5-7-18(20(15)24)23(25,26)27/h5-8,11-14H,9-10H2,1-4H3,(H,28,29)/t12-,13+,14-/m1/s1. The molecule has 3 atom stereocenters. The zero-order chi connectivity index (χ0) is 25.7. The Morgan fingerprint density at radius 1 is 1.14 bits per heavy atom. The lowest BCUT2D eigenvalue weighted by Gasteiger charge is -2.37. The summed E-state index contributed by atoms with van der Waals surface area (Å²) in [6.45, 7) is 6.11. The van der Waals surface area contributed by atoms with Gasteiger partial charge in [0.15, 0.2) is 5.82 Å². The summed E-state index contributed by atoms with van der Waals surface area (Å²) < 4.78 is 62.4. The molecule has 0 radical (unpaired) electrons. The lowest BCUT2D eigenvalue weighted by Crippen LogP contribution is -2.54. The van der Waals surface area contributed by atoms with Gasteiger partial charge < -0.3 is 15.1 Å². The maximum Gasteiger partial charge on any atom is 0.419 e. The Hall–Kier alpha value is -3.41. The molecule has 1 aliphatic rings. The van der Waals surface area contributed by atoms with Crippen molar-refractivity contribution in [2.24, 2.45) is 7.05 Å². The number of anilines is 1. The molecule has 3 heterocycles. The summed E-state index contributed by atoms with van der Waals surface area (Å²) in [4.78, 5) is 25.6. The summed E-state index contributed by atoms with van der Waals surface area (Å²) in [7, 11) is 1.39. The summed E-state index contributed by atoms with van der Waals surface area (Å²) in [6, 6.07) is 3.32. The highest BCUT2D eigenvalue weighted by Gasteiger charge is 2.35. The number of aromatic nitrogens is 3. The van der Waals surface area contributed by atoms with Crippen LogP contribution in [-0.4, -0.2) is 39.8 Å². The highest BCUT2D eigenvalue weighted by molar-refractivity contribution is 5.90. The fourth-order valence-corrected chi connectivity index (χ4v) is 4.35. The number of nitrogens with zero attached hydrogens (tertiary/aromatic N) is 4. The zero-order valence-corrected chi connectivity index (χ0v) is 19.6. The number of pyridine rings is 1. The Labute approximate surface area is 197 Å². The number of morpholine rings is 1. The first-order valence-electron chi connectivity index (χ1n) is 11.0. The van der Waals surface area contributed by atoms with E-state index in [1.807, 2.05) is 13.8 Å². The number of aryl methyl sites for hydroxylation is 1. The molecular weight excluding hydrogens is 470 g/mol. The summed E-state index contributed by atoms with van der Waals surface area (Å²) in [5.74, 6) is -1.27. The minimum Gasteiger partial charge on any atom is -0.372 e. The Morgan fingerprint density at radius 3 is 2.43 bits per heavy atom. The smallest absolute Gasteiger partial charge is 0.372 e. The van der Waals surface area contributed by atoms with Crippen LogP contribution in [0.1, 0.15) is 37.9 Å². The molecular formula is C23H25F4N5O3. The van der Waals surface area contributed by atoms with Crippen molar-refractivity contribution in [1.29, 1.82) is 0 Å². The molecule has 0 aliphatic carbocycles. The van der Waals surface area contributed by atoms with Gasteiger partial charge in [-0.05, 0) is 26.8 Å². The first kappa shape index (κ1) is 24.7. The fraction of sp³-hybridized carbons (Fsp3) is 0.435. The van der Waals surface area contributed by atoms with Crippen LogP contribution in [-0.2, 0) is 18.0 Å². The van der Waals surface area contributed by atoms with E-state index in [0.29, 0.717) is 19.2 Å². The van der Waals surface area contributed by atoms with Crippen molar-refractivity contribution in [1.82, 2.24) is 14.5 Å². The van der Waals surface area contributed by atoms with Gasteiger partial charge in [0.25, 0.3) is 11.1 Å². The number of nitrogens with one attached hydrogen (secondary N) is 1. The van der Waals surface area contributed by atoms with Crippen LogP contribution in [0.4, 0.5) is 23.4 Å². The van der Waals surface area contributed by atoms with Crippen molar-refractivity contribution in [3.05, 3.63) is 68.1 Å². The van der Waals surface area contributed by atoms with Crippen LogP contribution in [0, 0.1) is 5.82 Å². The molecule has 3 aromatic rings. The molecule has 12 heteroatoms. The lowest BCUT2D eigenvalue weighted by atomic mass is 10.0. The minimum absolute atomic E-state index is 0.0809. The average Bonchev–Trinajstić information content (AvgIpc) is 2.75. The van der Waals surface area contributed by atoms with Crippen LogP contribution in [0.2, 0.25) is 0 Å². The number of fused-ring (bicyclic) bond motifs is 1. The Morgan fingerprint density at radius 2 is 1.80 bits per heavy atom. The van der Waals surface area contributed by atoms with Gasteiger partial charge in [-0.25, -0.2) is 13.7 Å². The molecule has 0 spiro atoms. The first-order valence-corrected chi connectivity index (χ1v) is 11.0. The van der Waals surface area contributed by atoms with Crippen LogP contribution >= 0.6 is 0 Å². The predicted molar refractivity (Wildman–Crippen MR) is 123 cm³/mol. The van der Waals surface area contributed by atoms with Gasteiger partial charge >= 0.3 is 6.18 Å². The van der Waals surface area contributed by atoms with Gasteiger partial charge in [0.2, 0.25) is 0 Å². The third kappa shape index (κ3) is 4.75. The van der Waals surface area contributed by atoms with Crippen LogP contribution in [0.5, 0.6) is 0 Å². The van der Waals surface area contributed by atoms with E-state index in [4.69, 9.17) is 4.74 Å². The summed E-state index contributed by atoms with van der Waals surface area (Å²) in [6.07, 6.45) is -3.65. The molecule has 8 nitrogen and oxygen atoms in total. The molecule has 188 valence electrons. The van der Waals surface area contributed by atoms with Crippen molar-refractivity contribution in [2.45, 2.75) is 45.2 Å². The number of ether oxygens (including phenoxy) is 1. The minimum atomic E-state index is -4.84. The van der Waals surface area contributed by atoms with Crippen LogP contribution in [0.25, 0.3) is 10.8 Å². The Kier molecular flexibility index (Phi) is 6.34. The van der Waals surface area contributed by atoms with Gasteiger partial charge in [-0.3, -0.25) is 9.59 Å². The molecule has 35 heavy (non-hydrogen) atoms. The molecule has 0 unspecified atom stereocenters. The number of halogens is 4. The monoisotopic (exact) mass is 495 g/mol. The van der Waals surface area contributed by atoms with Crippen molar-refractivity contribution >= 4 is 16.6 Å². The van der Waals surface area contributed by atoms with Gasteiger partial charge in [0.05, 0.1) is 47.7 Å². The van der Waals surface area contributed by atoms with E-state index in [0.717, 1.165) is 10.7 Å². The first-order chi connectivity index (χ1) is 16.4. The Bertz CT molecular complexity index is 1370. The highest BCUT2D eigenvalue weighted by Crippen LogP contribution is 2.34. The van der Waals surface area contributed by atoms with Gasteiger partial charge in [0.1, 0.15) is 5.82 Å². The second kappa shape index (κ2) is 8.99. The van der Waals surface area contributed by atoms with Crippen molar-refractivity contribution in [3.8, 4) is 0 Å². The molecule has 4 rings (SSSR count). The second-order valence-electron chi connectivity index (χ2n) is 8.76. The van der Waals surface area contributed by atoms with E-state index in [-0.39, 0.29) is 34.4 Å². The van der Waals surface area contributed by atoms with Gasteiger partial charge in [-0.15, -0.1) is 0 Å². The largest absolute Gasteiger partial charge is 0.419 e. The number of alkyl halides is 3. The lowest BCUT2D eigenvalue weighted by molar-refractivity contribution is -0.140. The molecule has 0 saturated carbocycles. The van der Waals surface area contributed by atoms with Crippen molar-refractivity contribution < 1.29 is 22.3 Å². The van der Waals surface area contributed by atoms with E-state index in [1.165, 1.54) is 37.0 Å². The summed E-state index contributed by atoms with van der Waals surface area (Å²) in [5.41, 5.74) is -2.53. The van der Waals surface area contributed by atoms with E-state index in [2.05, 4.69) is 10.4 Å². The maximum absolute atomic E-state index is 14.7. The highest BCUT2D eigenvalue weighted by atomic mass is 19.4. The van der Waals surface area contributed by atoms with Crippen molar-refractivity contribution in [3.63, 3.8) is 0 Å². The SMILES string of the molecule is C[C@@H]1CN(n2cc3c(N[C@H](C)c4cccc(C(F)(F)F)c4F)nn(C)c(=O)c3cc2=O)C[C@H](C)O1. The third-order valence-electron chi connectivity index (χ3n) is 5.92. The Balaban J connectivity index is 1.80. The molecule has 2 aromatic heterocycles. The molecule has 0 bridgehead atoms. The van der Waals surface area contributed by atoms with E-state index < -0.39 is 34.7 Å². The molecule has 1 aliphatic heterocycles. The molecule has 0 amide bonds. The van der Waals surface area contributed by atoms with E-state index in [9.17, 15) is 27.2 Å². The third-order valence-corrected chi connectivity index (χ3v) is 5.92. The predicted octanol–water partition coefficient (Wildman–Crippen LogP) is 3.17. The van der Waals surface area contributed by atoms with Crippen LogP contribution in [0.15, 0.2) is 40.1 Å². The number of hydrogen-bond donors (Lipinski definition) is 1. The van der Waals surface area contributed by atoms with Gasteiger partial charge in [0, 0.05) is 24.9 Å². The van der Waals surface area contributed by atoms with Gasteiger partial charge in [-0.2, -0.15) is 18.3 Å². The summed E-state index contributed by atoms with van der Waals surface area (Å²) >= 11 is 0. The zero-order valence-electron chi connectivity index (χ0n) is 19.6. The van der Waals surface area contributed by atoms with Crippen LogP contribution < -0.4 is 21.4 Å². The molecule has 1 fully saturated rings. The number of rotatable bonds is 4. The average molecular weight is 495 g/mol. The number of hydrogen-bond acceptors (Lipinski definition) is 6. The second-order valence-corrected chi connectivity index (χ2v) is 8.76. The fourth-order valence-electron chi connectivity index (χ4n) is 4.35. The maximum atomic E-state index is 14.7. The van der Waals surface area contributed by atoms with Gasteiger partial charge in [-0.1, -0.05) is 12.1 Å². The number of benzene rings is 1. The summed E-state index contributed by atoms with van der Waals surface area (Å²) in [5, 5.41) is 9.27. The normalized spacial score (nSPS) is 19.7. The molecule has 1 aromatic carbocycles. The van der Waals surface area contributed by atoms with Crippen molar-refractivity contribution in [2.75, 3.05) is 23.4 Å². The quantitative estimate of drug-likeness (QED) is 0.560.